The molecule has 0 heterocycles. The summed E-state index contributed by atoms with van der Waals surface area (Å²) in [7, 11) is 0. The van der Waals surface area contributed by atoms with Crippen LogP contribution in [-0.2, 0) is 0 Å². The Morgan fingerprint density at radius 2 is 2.14 bits per heavy atom. The van der Waals surface area contributed by atoms with Crippen LogP contribution in [0.2, 0.25) is 5.02 Å². The van der Waals surface area contributed by atoms with Gasteiger partial charge in [0.15, 0.2) is 0 Å². The standard InChI is InChI=1S/C10H13ClFNO/c11-9-7-8(12)3-4-10(9)14-6-2-1-5-13/h3-4,7H,1-2,5-6,13H2. The molecular weight excluding hydrogens is 205 g/mol. The van der Waals surface area contributed by atoms with Crippen LogP contribution in [0.25, 0.3) is 0 Å². The number of nitrogens with two attached hydrogens (primary N) is 1. The maximum Gasteiger partial charge on any atom is 0.138 e. The fraction of sp³-hybridized carbons (Fsp3) is 0.400. The van der Waals surface area contributed by atoms with E-state index in [1.807, 2.05) is 0 Å². The summed E-state index contributed by atoms with van der Waals surface area (Å²) in [6, 6.07) is 4.09. The molecule has 78 valence electrons. The summed E-state index contributed by atoms with van der Waals surface area (Å²) in [5, 5.41) is 0.303. The van der Waals surface area contributed by atoms with Gasteiger partial charge < -0.3 is 10.5 Å². The van der Waals surface area contributed by atoms with Crippen molar-refractivity contribution >= 4 is 11.6 Å². The number of hydrogen-bond acceptors (Lipinski definition) is 2. The molecule has 0 aliphatic carbocycles. The first-order chi connectivity index (χ1) is 6.74. The molecule has 2 nitrogen and oxygen atoms in total. The van der Waals surface area contributed by atoms with Gasteiger partial charge >= 0.3 is 0 Å². The van der Waals surface area contributed by atoms with Gasteiger partial charge in [-0.1, -0.05) is 11.6 Å². The lowest BCUT2D eigenvalue weighted by Gasteiger charge is -2.07. The molecule has 0 aliphatic heterocycles. The highest BCUT2D eigenvalue weighted by Gasteiger charge is 2.02. The molecule has 0 bridgehead atoms. The van der Waals surface area contributed by atoms with Gasteiger partial charge in [0.25, 0.3) is 0 Å². The predicted octanol–water partition coefficient (Wildman–Crippen LogP) is 2.60. The van der Waals surface area contributed by atoms with Crippen LogP contribution in [0.3, 0.4) is 0 Å². The van der Waals surface area contributed by atoms with E-state index < -0.39 is 0 Å². The first-order valence-electron chi connectivity index (χ1n) is 4.52. The fourth-order valence-corrected chi connectivity index (χ4v) is 1.24. The fourth-order valence-electron chi connectivity index (χ4n) is 1.02. The van der Waals surface area contributed by atoms with Crippen LogP contribution in [0.4, 0.5) is 4.39 Å². The summed E-state index contributed by atoms with van der Waals surface area (Å²) >= 11 is 5.75. The van der Waals surface area contributed by atoms with E-state index in [4.69, 9.17) is 22.1 Å². The van der Waals surface area contributed by atoms with Gasteiger partial charge in [0.1, 0.15) is 11.6 Å². The highest BCUT2D eigenvalue weighted by atomic mass is 35.5. The van der Waals surface area contributed by atoms with Gasteiger partial charge in [-0.25, -0.2) is 4.39 Å². The maximum atomic E-state index is 12.6. The van der Waals surface area contributed by atoms with Crippen molar-refractivity contribution < 1.29 is 9.13 Å². The van der Waals surface area contributed by atoms with Crippen molar-refractivity contribution in [2.75, 3.05) is 13.2 Å². The molecule has 0 spiro atoms. The average molecular weight is 218 g/mol. The first-order valence-corrected chi connectivity index (χ1v) is 4.90. The summed E-state index contributed by atoms with van der Waals surface area (Å²) < 4.78 is 18.0. The van der Waals surface area contributed by atoms with E-state index in [0.29, 0.717) is 23.9 Å². The third kappa shape index (κ3) is 3.52. The largest absolute Gasteiger partial charge is 0.492 e. The second-order valence-electron chi connectivity index (χ2n) is 2.92. The zero-order valence-electron chi connectivity index (χ0n) is 7.80. The summed E-state index contributed by atoms with van der Waals surface area (Å²) in [5.41, 5.74) is 5.33. The van der Waals surface area contributed by atoms with Crippen LogP contribution in [0, 0.1) is 5.82 Å². The lowest BCUT2D eigenvalue weighted by molar-refractivity contribution is 0.307. The minimum atomic E-state index is -0.357. The minimum Gasteiger partial charge on any atom is -0.492 e. The molecule has 1 aromatic carbocycles. The lowest BCUT2D eigenvalue weighted by Crippen LogP contribution is -2.03. The molecular formula is C10H13ClFNO. The Labute approximate surface area is 87.8 Å². The Kier molecular flexibility index (Phi) is 4.70. The topological polar surface area (TPSA) is 35.2 Å². The Bertz CT molecular complexity index is 293. The minimum absolute atomic E-state index is 0.303. The van der Waals surface area contributed by atoms with Crippen molar-refractivity contribution in [3.63, 3.8) is 0 Å². The van der Waals surface area contributed by atoms with Crippen molar-refractivity contribution in [3.8, 4) is 5.75 Å². The molecule has 1 aromatic rings. The number of unbranched alkanes of at least 4 members (excludes halogenated alkanes) is 1. The second kappa shape index (κ2) is 5.83. The Hall–Kier alpha value is -0.800. The molecule has 0 saturated carbocycles. The molecule has 0 aromatic heterocycles. The highest BCUT2D eigenvalue weighted by Crippen LogP contribution is 2.24. The van der Waals surface area contributed by atoms with Crippen molar-refractivity contribution in [1.82, 2.24) is 0 Å². The number of benzene rings is 1. The molecule has 0 radical (unpaired) electrons. The van der Waals surface area contributed by atoms with Crippen LogP contribution >= 0.6 is 11.6 Å². The third-order valence-electron chi connectivity index (χ3n) is 1.75. The molecule has 0 saturated heterocycles. The lowest BCUT2D eigenvalue weighted by atomic mass is 10.3. The van der Waals surface area contributed by atoms with Crippen molar-refractivity contribution in [1.29, 1.82) is 0 Å². The smallest absolute Gasteiger partial charge is 0.138 e. The normalized spacial score (nSPS) is 10.2. The Morgan fingerprint density at radius 3 is 2.79 bits per heavy atom. The van der Waals surface area contributed by atoms with Gasteiger partial charge in [0.05, 0.1) is 11.6 Å². The molecule has 0 fully saturated rings. The highest BCUT2D eigenvalue weighted by molar-refractivity contribution is 6.32. The zero-order valence-corrected chi connectivity index (χ0v) is 8.56. The van der Waals surface area contributed by atoms with Gasteiger partial charge in [0.2, 0.25) is 0 Å². The van der Waals surface area contributed by atoms with E-state index in [2.05, 4.69) is 0 Å². The van der Waals surface area contributed by atoms with Gasteiger partial charge in [-0.2, -0.15) is 0 Å². The summed E-state index contributed by atoms with van der Waals surface area (Å²) in [6.45, 7) is 1.21. The van der Waals surface area contributed by atoms with E-state index in [9.17, 15) is 4.39 Å². The van der Waals surface area contributed by atoms with Gasteiger partial charge in [-0.05, 0) is 37.6 Å². The SMILES string of the molecule is NCCCCOc1ccc(F)cc1Cl. The van der Waals surface area contributed by atoms with Crippen LogP contribution < -0.4 is 10.5 Å². The molecule has 14 heavy (non-hydrogen) atoms. The van der Waals surface area contributed by atoms with Crippen molar-refractivity contribution in [2.45, 2.75) is 12.8 Å². The molecule has 1 rings (SSSR count). The molecule has 0 atom stereocenters. The number of hydrogen-bond donors (Lipinski definition) is 1. The maximum absolute atomic E-state index is 12.6. The summed E-state index contributed by atoms with van der Waals surface area (Å²) in [6.07, 6.45) is 1.79. The molecule has 0 aliphatic rings. The van der Waals surface area contributed by atoms with Crippen LogP contribution in [0.1, 0.15) is 12.8 Å². The van der Waals surface area contributed by atoms with E-state index in [0.717, 1.165) is 12.8 Å². The van der Waals surface area contributed by atoms with E-state index in [1.165, 1.54) is 18.2 Å². The zero-order chi connectivity index (χ0) is 10.4. The Balaban J connectivity index is 2.42. The number of ether oxygens (including phenoxy) is 1. The number of halogens is 2. The molecule has 0 amide bonds. The van der Waals surface area contributed by atoms with Gasteiger partial charge in [0, 0.05) is 0 Å². The van der Waals surface area contributed by atoms with Crippen molar-refractivity contribution in [3.05, 3.63) is 29.0 Å². The molecule has 2 N–H and O–H groups in total. The summed E-state index contributed by atoms with van der Waals surface area (Å²) in [5.74, 6) is 0.161. The molecule has 0 unspecified atom stereocenters. The van der Waals surface area contributed by atoms with Crippen LogP contribution in [-0.4, -0.2) is 13.2 Å². The van der Waals surface area contributed by atoms with Gasteiger partial charge in [-0.3, -0.25) is 0 Å². The molecule has 4 heteroatoms. The van der Waals surface area contributed by atoms with Gasteiger partial charge in [-0.15, -0.1) is 0 Å². The van der Waals surface area contributed by atoms with E-state index in [1.54, 1.807) is 0 Å². The monoisotopic (exact) mass is 217 g/mol. The summed E-state index contributed by atoms with van der Waals surface area (Å²) in [4.78, 5) is 0. The predicted molar refractivity (Wildman–Crippen MR) is 55.2 cm³/mol. The average Bonchev–Trinajstić information content (AvgIpc) is 2.15. The second-order valence-corrected chi connectivity index (χ2v) is 3.33. The van der Waals surface area contributed by atoms with E-state index in [-0.39, 0.29) is 5.82 Å². The Morgan fingerprint density at radius 1 is 1.36 bits per heavy atom. The quantitative estimate of drug-likeness (QED) is 0.770. The third-order valence-corrected chi connectivity index (χ3v) is 2.05. The van der Waals surface area contributed by atoms with Crippen LogP contribution in [0.15, 0.2) is 18.2 Å². The first kappa shape index (κ1) is 11.3. The number of rotatable bonds is 5. The van der Waals surface area contributed by atoms with E-state index >= 15 is 0 Å². The van der Waals surface area contributed by atoms with Crippen molar-refractivity contribution in [2.24, 2.45) is 5.73 Å². The van der Waals surface area contributed by atoms with Crippen LogP contribution in [0.5, 0.6) is 5.75 Å².